The number of fused-ring (bicyclic) bond motifs is 2. The number of halogens is 2. The number of hydrogen-bond acceptors (Lipinski definition) is 4. The van der Waals surface area contributed by atoms with Gasteiger partial charge in [-0.1, -0.05) is 18.2 Å². The summed E-state index contributed by atoms with van der Waals surface area (Å²) in [5, 5.41) is 17.6. The Balaban J connectivity index is 0.00000104. The summed E-state index contributed by atoms with van der Waals surface area (Å²) in [5.41, 5.74) is 2.63. The monoisotopic (exact) mass is 373 g/mol. The molecule has 1 spiro atoms. The fraction of sp³-hybridized carbons (Fsp3) is 0.667. The maximum atomic E-state index is 10.7. The summed E-state index contributed by atoms with van der Waals surface area (Å²) in [6.07, 6.45) is 4.42. The van der Waals surface area contributed by atoms with Gasteiger partial charge in [0.15, 0.2) is 0 Å². The average molecular weight is 374 g/mol. The van der Waals surface area contributed by atoms with Gasteiger partial charge >= 0.3 is 0 Å². The molecule has 1 aromatic rings. The van der Waals surface area contributed by atoms with E-state index in [0.717, 1.165) is 52.1 Å². The summed E-state index contributed by atoms with van der Waals surface area (Å²) in [6, 6.07) is 8.78. The minimum absolute atomic E-state index is 0. The van der Waals surface area contributed by atoms with E-state index in [1.165, 1.54) is 24.1 Å². The molecule has 4 nitrogen and oxygen atoms in total. The highest BCUT2D eigenvalue weighted by Crippen LogP contribution is 2.43. The number of rotatable bonds is 2. The molecule has 1 aromatic carbocycles. The molecule has 0 radical (unpaired) electrons. The molecule has 0 bridgehead atoms. The Morgan fingerprint density at radius 1 is 1.04 bits per heavy atom. The molecule has 0 amide bonds. The molecule has 0 aliphatic carbocycles. The number of aliphatic hydroxyl groups is 1. The zero-order valence-electron chi connectivity index (χ0n) is 14.1. The zero-order chi connectivity index (χ0) is 15.0. The molecule has 24 heavy (non-hydrogen) atoms. The standard InChI is InChI=1S/C18H27N3O.2ClH/c22-18(6-3-9-19-13-18)14-21-10-7-17(8-11-21)12-20-16-5-2-1-4-15(16)17;;/h1-2,4-5,19-20,22H,3,6-14H2;2*1H. The Bertz CT molecular complexity index is 541. The van der Waals surface area contributed by atoms with Crippen molar-refractivity contribution in [2.75, 3.05) is 44.6 Å². The summed E-state index contributed by atoms with van der Waals surface area (Å²) in [6.45, 7) is 5.89. The van der Waals surface area contributed by atoms with Crippen LogP contribution in [0, 0.1) is 0 Å². The van der Waals surface area contributed by atoms with Gasteiger partial charge in [-0.15, -0.1) is 24.8 Å². The molecular formula is C18H29Cl2N3O. The van der Waals surface area contributed by atoms with E-state index in [4.69, 9.17) is 0 Å². The van der Waals surface area contributed by atoms with Gasteiger partial charge in [0.25, 0.3) is 0 Å². The molecule has 136 valence electrons. The van der Waals surface area contributed by atoms with Crippen LogP contribution < -0.4 is 10.6 Å². The third-order valence-corrected chi connectivity index (χ3v) is 5.90. The minimum Gasteiger partial charge on any atom is -0.387 e. The first-order valence-corrected chi connectivity index (χ1v) is 8.68. The first kappa shape index (κ1) is 19.8. The molecule has 6 heteroatoms. The van der Waals surface area contributed by atoms with Crippen molar-refractivity contribution in [3.63, 3.8) is 0 Å². The van der Waals surface area contributed by atoms with Crippen LogP contribution in [0.2, 0.25) is 0 Å². The lowest BCUT2D eigenvalue weighted by molar-refractivity contribution is -0.0236. The Labute approximate surface area is 157 Å². The lowest BCUT2D eigenvalue weighted by Crippen LogP contribution is -2.55. The lowest BCUT2D eigenvalue weighted by atomic mass is 9.74. The zero-order valence-corrected chi connectivity index (χ0v) is 15.7. The Kier molecular flexibility index (Phi) is 6.43. The fourth-order valence-corrected chi connectivity index (χ4v) is 4.55. The van der Waals surface area contributed by atoms with Gasteiger partial charge in [-0.2, -0.15) is 0 Å². The van der Waals surface area contributed by atoms with Gasteiger partial charge in [0, 0.05) is 30.7 Å². The molecule has 1 unspecified atom stereocenters. The van der Waals surface area contributed by atoms with E-state index in [1.54, 1.807) is 0 Å². The maximum absolute atomic E-state index is 10.7. The van der Waals surface area contributed by atoms with Crippen LogP contribution in [0.25, 0.3) is 0 Å². The summed E-state index contributed by atoms with van der Waals surface area (Å²) in [5.74, 6) is 0. The quantitative estimate of drug-likeness (QED) is 0.744. The van der Waals surface area contributed by atoms with Crippen LogP contribution in [-0.2, 0) is 5.41 Å². The third-order valence-electron chi connectivity index (χ3n) is 5.90. The topological polar surface area (TPSA) is 47.5 Å². The van der Waals surface area contributed by atoms with Gasteiger partial charge < -0.3 is 20.6 Å². The summed E-state index contributed by atoms with van der Waals surface area (Å²) in [4.78, 5) is 2.47. The molecule has 3 N–H and O–H groups in total. The van der Waals surface area contributed by atoms with E-state index in [9.17, 15) is 5.11 Å². The molecule has 4 rings (SSSR count). The average Bonchev–Trinajstić information content (AvgIpc) is 2.90. The number of benzene rings is 1. The number of hydrogen-bond donors (Lipinski definition) is 3. The van der Waals surface area contributed by atoms with Crippen molar-refractivity contribution >= 4 is 30.5 Å². The van der Waals surface area contributed by atoms with E-state index in [1.807, 2.05) is 0 Å². The van der Waals surface area contributed by atoms with Crippen LogP contribution >= 0.6 is 24.8 Å². The molecule has 3 heterocycles. The second-order valence-corrected chi connectivity index (χ2v) is 7.46. The SMILES string of the molecule is Cl.Cl.OC1(CN2CCC3(CC2)CNc2ccccc23)CCCNC1. The van der Waals surface area contributed by atoms with Gasteiger partial charge in [0.05, 0.1) is 5.60 Å². The van der Waals surface area contributed by atoms with Crippen molar-refractivity contribution in [1.29, 1.82) is 0 Å². The number of para-hydroxylation sites is 1. The summed E-state index contributed by atoms with van der Waals surface area (Å²) < 4.78 is 0. The van der Waals surface area contributed by atoms with Crippen molar-refractivity contribution in [2.45, 2.75) is 36.7 Å². The second-order valence-electron chi connectivity index (χ2n) is 7.46. The number of likely N-dealkylation sites (tertiary alicyclic amines) is 1. The number of anilines is 1. The van der Waals surface area contributed by atoms with Crippen molar-refractivity contribution in [3.8, 4) is 0 Å². The van der Waals surface area contributed by atoms with Gasteiger partial charge in [0.2, 0.25) is 0 Å². The largest absolute Gasteiger partial charge is 0.387 e. The predicted molar refractivity (Wildman–Crippen MR) is 104 cm³/mol. The summed E-state index contributed by atoms with van der Waals surface area (Å²) >= 11 is 0. The Morgan fingerprint density at radius 2 is 1.79 bits per heavy atom. The molecule has 0 saturated carbocycles. The van der Waals surface area contributed by atoms with Crippen LogP contribution in [-0.4, -0.2) is 54.9 Å². The normalized spacial score (nSPS) is 28.4. The van der Waals surface area contributed by atoms with E-state index < -0.39 is 5.60 Å². The second kappa shape index (κ2) is 7.79. The highest BCUT2D eigenvalue weighted by molar-refractivity contribution is 5.85. The van der Waals surface area contributed by atoms with Crippen LogP contribution in [0.5, 0.6) is 0 Å². The maximum Gasteiger partial charge on any atom is 0.0898 e. The molecule has 0 aromatic heterocycles. The number of nitrogens with zero attached hydrogens (tertiary/aromatic N) is 1. The number of piperidine rings is 2. The van der Waals surface area contributed by atoms with Crippen molar-refractivity contribution in [1.82, 2.24) is 10.2 Å². The van der Waals surface area contributed by atoms with E-state index in [-0.39, 0.29) is 24.8 Å². The number of nitrogens with one attached hydrogen (secondary N) is 2. The highest BCUT2D eigenvalue weighted by atomic mass is 35.5. The molecule has 2 fully saturated rings. The number of β-amino-alcohol motifs (C(OH)–C–C–N with tert-alkyl or cyclic N) is 1. The van der Waals surface area contributed by atoms with Crippen LogP contribution in [0.15, 0.2) is 24.3 Å². The molecule has 3 aliphatic heterocycles. The fourth-order valence-electron chi connectivity index (χ4n) is 4.55. The highest BCUT2D eigenvalue weighted by Gasteiger charge is 2.42. The van der Waals surface area contributed by atoms with E-state index in [2.05, 4.69) is 39.8 Å². The van der Waals surface area contributed by atoms with Crippen molar-refractivity contribution < 1.29 is 5.11 Å². The third kappa shape index (κ3) is 3.68. The Morgan fingerprint density at radius 3 is 2.50 bits per heavy atom. The first-order chi connectivity index (χ1) is 10.7. The van der Waals surface area contributed by atoms with Crippen LogP contribution in [0.3, 0.4) is 0 Å². The summed E-state index contributed by atoms with van der Waals surface area (Å²) in [7, 11) is 0. The van der Waals surface area contributed by atoms with Gasteiger partial charge in [0.1, 0.15) is 0 Å². The smallest absolute Gasteiger partial charge is 0.0898 e. The predicted octanol–water partition coefficient (Wildman–Crippen LogP) is 2.40. The molecule has 1 atom stereocenters. The molecular weight excluding hydrogens is 345 g/mol. The molecule has 3 aliphatic rings. The van der Waals surface area contributed by atoms with Crippen molar-refractivity contribution in [2.24, 2.45) is 0 Å². The first-order valence-electron chi connectivity index (χ1n) is 8.68. The van der Waals surface area contributed by atoms with Gasteiger partial charge in [-0.05, 0) is 56.9 Å². The van der Waals surface area contributed by atoms with E-state index in [0.29, 0.717) is 5.41 Å². The van der Waals surface area contributed by atoms with Crippen LogP contribution in [0.1, 0.15) is 31.2 Å². The minimum atomic E-state index is -0.519. The lowest BCUT2D eigenvalue weighted by Gasteiger charge is -2.43. The molecule has 2 saturated heterocycles. The van der Waals surface area contributed by atoms with Crippen LogP contribution in [0.4, 0.5) is 5.69 Å². The Hall–Kier alpha value is -0.520. The van der Waals surface area contributed by atoms with Gasteiger partial charge in [-0.3, -0.25) is 0 Å². The van der Waals surface area contributed by atoms with Gasteiger partial charge in [-0.25, -0.2) is 0 Å². The van der Waals surface area contributed by atoms with E-state index >= 15 is 0 Å². The van der Waals surface area contributed by atoms with Crippen molar-refractivity contribution in [3.05, 3.63) is 29.8 Å².